The van der Waals surface area contributed by atoms with Crippen LogP contribution in [0.2, 0.25) is 0 Å². The molecule has 31 heavy (non-hydrogen) atoms. The van der Waals surface area contributed by atoms with Crippen LogP contribution in [0.4, 0.5) is 18.9 Å². The van der Waals surface area contributed by atoms with Crippen molar-refractivity contribution in [3.05, 3.63) is 34.3 Å². The summed E-state index contributed by atoms with van der Waals surface area (Å²) in [6.07, 6.45) is 0.787. The number of benzene rings is 1. The zero-order valence-corrected chi connectivity index (χ0v) is 17.9. The second kappa shape index (κ2) is 9.58. The van der Waals surface area contributed by atoms with Crippen molar-refractivity contribution in [3.63, 3.8) is 0 Å². The molecule has 1 fully saturated rings. The second-order valence-electron chi connectivity index (χ2n) is 7.04. The van der Waals surface area contributed by atoms with Gasteiger partial charge in [0, 0.05) is 43.2 Å². The summed E-state index contributed by atoms with van der Waals surface area (Å²) in [7, 11) is 3.00. The van der Waals surface area contributed by atoms with Crippen molar-refractivity contribution in [3.8, 4) is 23.8 Å². The van der Waals surface area contributed by atoms with Gasteiger partial charge in [0.25, 0.3) is 5.91 Å². The van der Waals surface area contributed by atoms with Crippen molar-refractivity contribution in [1.29, 1.82) is 0 Å². The van der Waals surface area contributed by atoms with E-state index < -0.39 is 12.6 Å². The Hall–Kier alpha value is -2.77. The molecule has 10 heteroatoms. The van der Waals surface area contributed by atoms with Crippen LogP contribution in [0.25, 0.3) is 0 Å². The predicted molar refractivity (Wildman–Crippen MR) is 112 cm³/mol. The summed E-state index contributed by atoms with van der Waals surface area (Å²) in [4.78, 5) is 20.9. The summed E-state index contributed by atoms with van der Waals surface area (Å²) in [5, 5.41) is 1.96. The maximum atomic E-state index is 13.4. The molecule has 0 unspecified atom stereocenters. The molecule has 1 aromatic carbocycles. The Morgan fingerprint density at radius 2 is 2.00 bits per heavy atom. The van der Waals surface area contributed by atoms with E-state index in [9.17, 15) is 18.0 Å². The number of thiazole rings is 1. The number of rotatable bonds is 7. The summed E-state index contributed by atoms with van der Waals surface area (Å²) in [5.74, 6) is 3.00. The van der Waals surface area contributed by atoms with Gasteiger partial charge < -0.3 is 19.3 Å². The second-order valence-corrected chi connectivity index (χ2v) is 7.89. The molecule has 1 amide bonds. The first kappa shape index (κ1) is 22.9. The van der Waals surface area contributed by atoms with Gasteiger partial charge in [0.05, 0.1) is 32.4 Å². The van der Waals surface area contributed by atoms with E-state index in [0.717, 1.165) is 0 Å². The van der Waals surface area contributed by atoms with E-state index in [1.165, 1.54) is 25.6 Å². The van der Waals surface area contributed by atoms with Crippen molar-refractivity contribution >= 4 is 22.9 Å². The van der Waals surface area contributed by atoms with Crippen molar-refractivity contribution in [2.45, 2.75) is 25.1 Å². The lowest BCUT2D eigenvalue weighted by Gasteiger charge is -2.29. The van der Waals surface area contributed by atoms with Crippen LogP contribution in [0.3, 0.4) is 0 Å². The van der Waals surface area contributed by atoms with Crippen LogP contribution in [-0.4, -0.2) is 61.9 Å². The number of hydrogen-bond acceptors (Lipinski definition) is 6. The van der Waals surface area contributed by atoms with E-state index in [1.54, 1.807) is 33.4 Å². The fourth-order valence-corrected chi connectivity index (χ4v) is 4.09. The SMILES string of the molecule is C#Cc1nc(C(=O)N(c2cc(OC)cc(OC)c2)[C@@H]2CCN(CCC(F)(F)F)C2)cs1. The van der Waals surface area contributed by atoms with Gasteiger partial charge in [-0.25, -0.2) is 4.98 Å². The zero-order valence-electron chi connectivity index (χ0n) is 17.1. The third-order valence-corrected chi connectivity index (χ3v) is 5.78. The van der Waals surface area contributed by atoms with Crippen LogP contribution in [0.15, 0.2) is 23.6 Å². The number of amides is 1. The summed E-state index contributed by atoms with van der Waals surface area (Å²) < 4.78 is 48.6. The van der Waals surface area contributed by atoms with Crippen LogP contribution < -0.4 is 14.4 Å². The quantitative estimate of drug-likeness (QED) is 0.597. The number of ether oxygens (including phenoxy) is 2. The molecular weight excluding hydrogens is 431 g/mol. The number of methoxy groups -OCH3 is 2. The Balaban J connectivity index is 1.92. The fourth-order valence-electron chi connectivity index (χ4n) is 3.50. The van der Waals surface area contributed by atoms with Gasteiger partial charge in [-0.3, -0.25) is 4.79 Å². The highest BCUT2D eigenvalue weighted by Crippen LogP contribution is 2.33. The third kappa shape index (κ3) is 5.68. The van der Waals surface area contributed by atoms with Gasteiger partial charge in [-0.1, -0.05) is 0 Å². The molecule has 1 aliphatic heterocycles. The third-order valence-electron chi connectivity index (χ3n) is 5.00. The van der Waals surface area contributed by atoms with Gasteiger partial charge in [0.1, 0.15) is 17.2 Å². The van der Waals surface area contributed by atoms with Crippen LogP contribution in [-0.2, 0) is 0 Å². The molecule has 1 aromatic heterocycles. The summed E-state index contributed by atoms with van der Waals surface area (Å²) in [6.45, 7) is 0.660. The topological polar surface area (TPSA) is 54.9 Å². The van der Waals surface area contributed by atoms with Crippen molar-refractivity contribution in [2.24, 2.45) is 0 Å². The molecule has 0 saturated carbocycles. The molecule has 0 N–H and O–H groups in total. The molecule has 1 aliphatic rings. The predicted octanol–water partition coefficient (Wildman–Crippen LogP) is 3.82. The average Bonchev–Trinajstić information content (AvgIpc) is 3.41. The smallest absolute Gasteiger partial charge is 0.390 e. The Morgan fingerprint density at radius 3 is 2.55 bits per heavy atom. The lowest BCUT2D eigenvalue weighted by Crippen LogP contribution is -2.42. The Morgan fingerprint density at radius 1 is 1.32 bits per heavy atom. The minimum absolute atomic E-state index is 0.110. The molecule has 3 rings (SSSR count). The molecule has 166 valence electrons. The number of hydrogen-bond donors (Lipinski definition) is 0. The first-order valence-corrected chi connectivity index (χ1v) is 10.4. The number of terminal acetylenes is 1. The summed E-state index contributed by atoms with van der Waals surface area (Å²) in [6, 6.07) is 4.71. The molecule has 1 saturated heterocycles. The standard InChI is InChI=1S/C21H22F3N3O3S/c1-4-19-25-18(13-31-19)20(28)27(15-9-16(29-2)11-17(10-15)30-3)14-5-7-26(12-14)8-6-21(22,23)24/h1,9-11,13-14H,5-8,12H2,2-3H3/t14-/m1/s1. The van der Waals surface area contributed by atoms with Gasteiger partial charge >= 0.3 is 6.18 Å². The Kier molecular flexibility index (Phi) is 7.08. The number of anilines is 1. The van der Waals surface area contributed by atoms with Crippen molar-refractivity contribution in [1.82, 2.24) is 9.88 Å². The first-order valence-electron chi connectivity index (χ1n) is 9.52. The highest BCUT2D eigenvalue weighted by molar-refractivity contribution is 7.10. The number of carbonyl (C=O) groups is 1. The lowest BCUT2D eigenvalue weighted by atomic mass is 10.1. The maximum Gasteiger partial charge on any atom is 0.390 e. The van der Waals surface area contributed by atoms with Crippen LogP contribution in [0.1, 0.15) is 28.3 Å². The van der Waals surface area contributed by atoms with Crippen molar-refractivity contribution in [2.75, 3.05) is 38.8 Å². The van der Waals surface area contributed by atoms with E-state index in [4.69, 9.17) is 15.9 Å². The first-order chi connectivity index (χ1) is 14.7. The largest absolute Gasteiger partial charge is 0.497 e. The number of alkyl halides is 3. The van der Waals surface area contributed by atoms with E-state index in [-0.39, 0.29) is 24.2 Å². The zero-order chi connectivity index (χ0) is 22.6. The molecular formula is C21H22F3N3O3S. The lowest BCUT2D eigenvalue weighted by molar-refractivity contribution is -0.137. The monoisotopic (exact) mass is 453 g/mol. The van der Waals surface area contributed by atoms with E-state index in [0.29, 0.717) is 41.7 Å². The molecule has 2 aromatic rings. The number of halogens is 3. The van der Waals surface area contributed by atoms with Gasteiger partial charge in [-0.2, -0.15) is 13.2 Å². The van der Waals surface area contributed by atoms with Crippen LogP contribution >= 0.6 is 11.3 Å². The molecule has 1 atom stereocenters. The van der Waals surface area contributed by atoms with Crippen molar-refractivity contribution < 1.29 is 27.4 Å². The highest BCUT2D eigenvalue weighted by Gasteiger charge is 2.35. The minimum atomic E-state index is -4.22. The number of nitrogens with zero attached hydrogens (tertiary/aromatic N) is 3. The maximum absolute atomic E-state index is 13.4. The molecule has 2 heterocycles. The summed E-state index contributed by atoms with van der Waals surface area (Å²) >= 11 is 1.18. The molecule has 0 spiro atoms. The van der Waals surface area contributed by atoms with Gasteiger partial charge in [-0.15, -0.1) is 17.8 Å². The number of carbonyl (C=O) groups excluding carboxylic acids is 1. The molecule has 0 aliphatic carbocycles. The molecule has 0 bridgehead atoms. The number of likely N-dealkylation sites (tertiary alicyclic amines) is 1. The molecule has 6 nitrogen and oxygen atoms in total. The minimum Gasteiger partial charge on any atom is -0.497 e. The Bertz CT molecular complexity index is 949. The fraction of sp³-hybridized carbons (Fsp3) is 0.429. The van der Waals surface area contributed by atoms with E-state index >= 15 is 0 Å². The Labute approximate surface area is 182 Å². The van der Waals surface area contributed by atoms with Crippen LogP contribution in [0, 0.1) is 12.3 Å². The average molecular weight is 453 g/mol. The van der Waals surface area contributed by atoms with Crippen LogP contribution in [0.5, 0.6) is 11.5 Å². The van der Waals surface area contributed by atoms with E-state index in [1.807, 2.05) is 0 Å². The van der Waals surface area contributed by atoms with Gasteiger partial charge in [0.15, 0.2) is 5.01 Å². The highest BCUT2D eigenvalue weighted by atomic mass is 32.1. The normalized spacial score (nSPS) is 16.7. The molecule has 0 radical (unpaired) electrons. The van der Waals surface area contributed by atoms with Gasteiger partial charge in [-0.05, 0) is 12.3 Å². The summed E-state index contributed by atoms with van der Waals surface area (Å²) in [5.41, 5.74) is 0.701. The van der Waals surface area contributed by atoms with E-state index in [2.05, 4.69) is 10.9 Å². The van der Waals surface area contributed by atoms with Gasteiger partial charge in [0.2, 0.25) is 0 Å². The number of aromatic nitrogens is 1.